The molecule has 6 nitrogen and oxygen atoms in total. The Bertz CT molecular complexity index is 1080. The van der Waals surface area contributed by atoms with E-state index in [0.29, 0.717) is 16.9 Å². The van der Waals surface area contributed by atoms with Gasteiger partial charge in [0, 0.05) is 34.9 Å². The molecule has 1 fully saturated rings. The summed E-state index contributed by atoms with van der Waals surface area (Å²) in [4.78, 5) is 29.4. The van der Waals surface area contributed by atoms with E-state index in [4.69, 9.17) is 0 Å². The number of aryl methyl sites for hydroxylation is 2. The van der Waals surface area contributed by atoms with Crippen LogP contribution in [0, 0.1) is 26.7 Å². The van der Waals surface area contributed by atoms with Crippen molar-refractivity contribution in [1.29, 1.82) is 0 Å². The van der Waals surface area contributed by atoms with Crippen molar-refractivity contribution >= 4 is 23.2 Å². The quantitative estimate of drug-likeness (QED) is 0.680. The fourth-order valence-electron chi connectivity index (χ4n) is 3.45. The average molecular weight is 388 g/mol. The molecule has 0 saturated heterocycles. The van der Waals surface area contributed by atoms with Crippen LogP contribution in [0.25, 0.3) is 5.82 Å². The van der Waals surface area contributed by atoms with E-state index < -0.39 is 0 Å². The summed E-state index contributed by atoms with van der Waals surface area (Å²) in [6.45, 7) is 5.80. The highest BCUT2D eigenvalue weighted by molar-refractivity contribution is 6.06. The van der Waals surface area contributed by atoms with E-state index in [2.05, 4.69) is 15.6 Å². The van der Waals surface area contributed by atoms with Crippen molar-refractivity contribution < 1.29 is 9.59 Å². The monoisotopic (exact) mass is 388 g/mol. The molecule has 6 heteroatoms. The summed E-state index contributed by atoms with van der Waals surface area (Å²) >= 11 is 0. The van der Waals surface area contributed by atoms with Crippen molar-refractivity contribution in [2.24, 2.45) is 5.92 Å². The highest BCUT2D eigenvalue weighted by Crippen LogP contribution is 2.31. The third-order valence-electron chi connectivity index (χ3n) is 5.26. The van der Waals surface area contributed by atoms with Gasteiger partial charge in [0.2, 0.25) is 5.91 Å². The van der Waals surface area contributed by atoms with Crippen LogP contribution in [0.5, 0.6) is 0 Å². The molecule has 0 bridgehead atoms. The van der Waals surface area contributed by atoms with Crippen molar-refractivity contribution in [2.75, 3.05) is 10.6 Å². The van der Waals surface area contributed by atoms with Gasteiger partial charge in [-0.25, -0.2) is 4.98 Å². The second-order valence-corrected chi connectivity index (χ2v) is 7.56. The molecule has 1 aromatic carbocycles. The second kappa shape index (κ2) is 7.54. The maximum Gasteiger partial charge on any atom is 0.257 e. The number of aromatic nitrogens is 2. The number of amides is 2. The van der Waals surface area contributed by atoms with Gasteiger partial charge in [0.1, 0.15) is 5.82 Å². The lowest BCUT2D eigenvalue weighted by atomic mass is 10.1. The minimum absolute atomic E-state index is 0.0463. The van der Waals surface area contributed by atoms with Gasteiger partial charge in [0.15, 0.2) is 0 Å². The first kappa shape index (κ1) is 18.9. The zero-order valence-corrected chi connectivity index (χ0v) is 16.8. The number of carbonyl (C=O) groups excluding carboxylic acids is 2. The molecule has 2 aromatic heterocycles. The fourth-order valence-corrected chi connectivity index (χ4v) is 3.45. The maximum atomic E-state index is 13.0. The van der Waals surface area contributed by atoms with Crippen LogP contribution in [0.15, 0.2) is 48.7 Å². The highest BCUT2D eigenvalue weighted by Gasteiger charge is 2.29. The molecule has 3 aromatic rings. The number of hydrogen-bond acceptors (Lipinski definition) is 3. The molecule has 148 valence electrons. The van der Waals surface area contributed by atoms with Crippen molar-refractivity contribution in [1.82, 2.24) is 9.55 Å². The highest BCUT2D eigenvalue weighted by atomic mass is 16.2. The molecule has 2 N–H and O–H groups in total. The normalized spacial score (nSPS) is 13.2. The van der Waals surface area contributed by atoms with Gasteiger partial charge in [0.25, 0.3) is 5.91 Å². The zero-order chi connectivity index (χ0) is 20.5. The number of nitrogens with one attached hydrogen (secondary N) is 2. The molecule has 1 aliphatic carbocycles. The zero-order valence-electron chi connectivity index (χ0n) is 16.8. The number of anilines is 2. The largest absolute Gasteiger partial charge is 0.326 e. The van der Waals surface area contributed by atoms with Crippen LogP contribution in [0.3, 0.4) is 0 Å². The van der Waals surface area contributed by atoms with Gasteiger partial charge in [-0.05, 0) is 69.5 Å². The molecule has 4 rings (SSSR count). The molecule has 0 atom stereocenters. The van der Waals surface area contributed by atoms with Crippen LogP contribution in [0.2, 0.25) is 0 Å². The predicted octanol–water partition coefficient (Wildman–Crippen LogP) is 4.40. The van der Waals surface area contributed by atoms with Crippen LogP contribution in [-0.4, -0.2) is 21.4 Å². The van der Waals surface area contributed by atoms with Gasteiger partial charge in [-0.3, -0.25) is 9.59 Å². The number of benzene rings is 1. The van der Waals surface area contributed by atoms with Gasteiger partial charge in [-0.1, -0.05) is 12.1 Å². The van der Waals surface area contributed by atoms with Crippen LogP contribution < -0.4 is 10.6 Å². The van der Waals surface area contributed by atoms with Gasteiger partial charge in [0.05, 0.1) is 5.56 Å². The van der Waals surface area contributed by atoms with Crippen molar-refractivity contribution in [3.63, 3.8) is 0 Å². The first-order valence-electron chi connectivity index (χ1n) is 9.77. The van der Waals surface area contributed by atoms with E-state index in [0.717, 1.165) is 35.6 Å². The fraction of sp³-hybridized carbons (Fsp3) is 0.261. The number of pyridine rings is 1. The molecule has 0 unspecified atom stereocenters. The Hall–Kier alpha value is -3.41. The van der Waals surface area contributed by atoms with E-state index in [1.165, 1.54) is 0 Å². The van der Waals surface area contributed by atoms with Crippen molar-refractivity contribution in [3.8, 4) is 5.82 Å². The molecule has 0 spiro atoms. The molecule has 1 aliphatic rings. The summed E-state index contributed by atoms with van der Waals surface area (Å²) in [7, 11) is 0. The van der Waals surface area contributed by atoms with E-state index >= 15 is 0 Å². The van der Waals surface area contributed by atoms with Crippen molar-refractivity contribution in [2.45, 2.75) is 33.6 Å². The SMILES string of the molecule is Cc1ccc(NC(=O)C2CC2)cc1NC(=O)c1cc(C)n(-c2ccccn2)c1C. The van der Waals surface area contributed by atoms with Crippen LogP contribution in [0.1, 0.15) is 40.2 Å². The number of nitrogens with zero attached hydrogens (tertiary/aromatic N) is 2. The Kier molecular flexibility index (Phi) is 4.92. The summed E-state index contributed by atoms with van der Waals surface area (Å²) in [5, 5.41) is 5.92. The Morgan fingerprint density at radius 2 is 1.83 bits per heavy atom. The summed E-state index contributed by atoms with van der Waals surface area (Å²) in [5.41, 5.74) is 4.68. The summed E-state index contributed by atoms with van der Waals surface area (Å²) in [6.07, 6.45) is 3.64. The molecule has 2 amide bonds. The minimum atomic E-state index is -0.186. The summed E-state index contributed by atoms with van der Waals surface area (Å²) < 4.78 is 1.97. The van der Waals surface area contributed by atoms with Gasteiger partial charge in [-0.2, -0.15) is 0 Å². The standard InChI is InChI=1S/C23H24N4O2/c1-14-7-10-18(25-22(28)17-8-9-17)13-20(14)26-23(29)19-12-15(2)27(16(19)3)21-6-4-5-11-24-21/h4-7,10-13,17H,8-9H2,1-3H3,(H,25,28)(H,26,29). The minimum Gasteiger partial charge on any atom is -0.326 e. The Morgan fingerprint density at radius 1 is 1.03 bits per heavy atom. The van der Waals surface area contributed by atoms with Gasteiger partial charge in [-0.15, -0.1) is 0 Å². The summed E-state index contributed by atoms with van der Waals surface area (Å²) in [5.74, 6) is 0.771. The topological polar surface area (TPSA) is 76.0 Å². The van der Waals surface area contributed by atoms with Crippen LogP contribution >= 0.6 is 0 Å². The molecule has 0 radical (unpaired) electrons. The maximum absolute atomic E-state index is 13.0. The molecule has 29 heavy (non-hydrogen) atoms. The Morgan fingerprint density at radius 3 is 2.52 bits per heavy atom. The average Bonchev–Trinajstić information content (AvgIpc) is 3.50. The van der Waals surface area contributed by atoms with E-state index in [1.807, 2.05) is 67.8 Å². The molecular formula is C23H24N4O2. The van der Waals surface area contributed by atoms with Gasteiger partial charge < -0.3 is 15.2 Å². The van der Waals surface area contributed by atoms with Crippen molar-refractivity contribution in [3.05, 3.63) is 71.2 Å². The molecular weight excluding hydrogens is 364 g/mol. The van der Waals surface area contributed by atoms with E-state index in [1.54, 1.807) is 6.20 Å². The lowest BCUT2D eigenvalue weighted by Gasteiger charge is -2.12. The predicted molar refractivity (Wildman–Crippen MR) is 114 cm³/mol. The van der Waals surface area contributed by atoms with Crippen LogP contribution in [0.4, 0.5) is 11.4 Å². The van der Waals surface area contributed by atoms with E-state index in [9.17, 15) is 9.59 Å². The third kappa shape index (κ3) is 3.92. The summed E-state index contributed by atoms with van der Waals surface area (Å²) in [6, 6.07) is 13.1. The number of hydrogen-bond donors (Lipinski definition) is 2. The third-order valence-corrected chi connectivity index (χ3v) is 5.26. The lowest BCUT2D eigenvalue weighted by molar-refractivity contribution is -0.117. The first-order valence-corrected chi connectivity index (χ1v) is 9.77. The lowest BCUT2D eigenvalue weighted by Crippen LogP contribution is -2.16. The Balaban J connectivity index is 1.57. The molecule has 1 saturated carbocycles. The second-order valence-electron chi connectivity index (χ2n) is 7.56. The van der Waals surface area contributed by atoms with Crippen LogP contribution in [-0.2, 0) is 4.79 Å². The first-order chi connectivity index (χ1) is 13.9. The number of rotatable bonds is 5. The Labute approximate surface area is 170 Å². The smallest absolute Gasteiger partial charge is 0.257 e. The molecule has 0 aliphatic heterocycles. The van der Waals surface area contributed by atoms with E-state index in [-0.39, 0.29) is 17.7 Å². The number of carbonyl (C=O) groups is 2. The van der Waals surface area contributed by atoms with Gasteiger partial charge >= 0.3 is 0 Å². The molecule has 2 heterocycles.